The molecule has 3 rings (SSSR count). The summed E-state index contributed by atoms with van der Waals surface area (Å²) in [5.74, 6) is -0.122. The zero-order chi connectivity index (χ0) is 20.9. The van der Waals surface area contributed by atoms with Gasteiger partial charge in [0.05, 0.1) is 18.0 Å². The highest BCUT2D eigenvalue weighted by molar-refractivity contribution is 7.46. The van der Waals surface area contributed by atoms with Gasteiger partial charge in [-0.1, -0.05) is 18.2 Å². The number of nitrogens with one attached hydrogen (secondary N) is 1. The summed E-state index contributed by atoms with van der Waals surface area (Å²) in [6, 6.07) is 17.1. The van der Waals surface area contributed by atoms with E-state index in [-0.39, 0.29) is 11.3 Å². The van der Waals surface area contributed by atoms with Gasteiger partial charge in [-0.15, -0.1) is 0 Å². The molecule has 0 aliphatic carbocycles. The van der Waals surface area contributed by atoms with Gasteiger partial charge in [0, 0.05) is 34.9 Å². The lowest BCUT2D eigenvalue weighted by atomic mass is 10.1. The van der Waals surface area contributed by atoms with E-state index in [9.17, 15) is 9.67 Å². The summed E-state index contributed by atoms with van der Waals surface area (Å²) in [6.07, 6.45) is 2.81. The molecule has 0 radical (unpaired) electrons. The number of anilines is 2. The van der Waals surface area contributed by atoms with Crippen molar-refractivity contribution in [3.63, 3.8) is 0 Å². The van der Waals surface area contributed by atoms with Gasteiger partial charge in [-0.3, -0.25) is 14.5 Å². The van der Waals surface area contributed by atoms with Gasteiger partial charge in [-0.2, -0.15) is 0 Å². The second-order valence-corrected chi connectivity index (χ2v) is 7.43. The van der Waals surface area contributed by atoms with Crippen molar-refractivity contribution in [1.29, 1.82) is 0 Å². The van der Waals surface area contributed by atoms with Crippen LogP contribution in [0.5, 0.6) is 5.75 Å². The smallest absolute Gasteiger partial charge is 0.469 e. The molecule has 0 amide bonds. The molecule has 0 spiro atoms. The number of pyridine rings is 1. The maximum Gasteiger partial charge on any atom is 0.469 e. The number of hydrogen-bond donors (Lipinski definition) is 4. The molecule has 0 unspecified atom stereocenters. The lowest BCUT2D eigenvalue weighted by Crippen LogP contribution is -2.00. The van der Waals surface area contributed by atoms with Crippen LogP contribution in [0, 0.1) is 6.92 Å². The van der Waals surface area contributed by atoms with Crippen molar-refractivity contribution in [2.75, 3.05) is 5.32 Å². The van der Waals surface area contributed by atoms with Crippen LogP contribution in [0.1, 0.15) is 16.8 Å². The molecule has 0 aliphatic rings. The number of benzene rings is 2. The molecule has 0 saturated heterocycles. The number of phosphoric ester groups is 1. The second-order valence-electron chi connectivity index (χ2n) is 6.19. The van der Waals surface area contributed by atoms with Crippen molar-refractivity contribution >= 4 is 31.1 Å². The first-order valence-corrected chi connectivity index (χ1v) is 10.2. The van der Waals surface area contributed by atoms with Crippen LogP contribution >= 0.6 is 7.82 Å². The summed E-state index contributed by atoms with van der Waals surface area (Å²) in [6.45, 7) is 1.21. The Balaban J connectivity index is 1.78. The van der Waals surface area contributed by atoms with E-state index in [1.165, 1.54) is 12.4 Å². The molecule has 4 N–H and O–H groups in total. The van der Waals surface area contributed by atoms with Crippen LogP contribution in [0.15, 0.2) is 65.8 Å². The molecular weight excluding hydrogens is 393 g/mol. The number of nitrogens with zero attached hydrogens (tertiary/aromatic N) is 2. The van der Waals surface area contributed by atoms with E-state index < -0.39 is 14.4 Å². The van der Waals surface area contributed by atoms with E-state index in [1.807, 2.05) is 42.5 Å². The average molecular weight is 413 g/mol. The lowest BCUT2D eigenvalue weighted by molar-refractivity contribution is 0.188. The number of aryl methyl sites for hydroxylation is 1. The Morgan fingerprint density at radius 3 is 2.41 bits per heavy atom. The molecular formula is C20H20N3O5P. The quantitative estimate of drug-likeness (QED) is 0.338. The zero-order valence-corrected chi connectivity index (χ0v) is 16.5. The summed E-state index contributed by atoms with van der Waals surface area (Å²) >= 11 is 0. The third kappa shape index (κ3) is 5.97. The third-order valence-electron chi connectivity index (χ3n) is 4.02. The number of para-hydroxylation sites is 1. The van der Waals surface area contributed by atoms with E-state index in [0.29, 0.717) is 16.9 Å². The van der Waals surface area contributed by atoms with Gasteiger partial charge < -0.3 is 20.2 Å². The van der Waals surface area contributed by atoms with E-state index in [2.05, 4.69) is 19.8 Å². The topological polar surface area (TPSA) is 124 Å². The Morgan fingerprint density at radius 2 is 1.76 bits per heavy atom. The molecule has 1 heterocycles. The fourth-order valence-corrected chi connectivity index (χ4v) is 2.83. The number of aromatic hydroxyl groups is 1. The van der Waals surface area contributed by atoms with Gasteiger partial charge in [0.25, 0.3) is 0 Å². The molecule has 150 valence electrons. The summed E-state index contributed by atoms with van der Waals surface area (Å²) in [5.41, 5.74) is 3.47. The maximum atomic E-state index is 11.0. The van der Waals surface area contributed by atoms with Crippen molar-refractivity contribution in [2.45, 2.75) is 13.5 Å². The van der Waals surface area contributed by atoms with Gasteiger partial charge in [-0.05, 0) is 43.3 Å². The molecule has 2 aromatic carbocycles. The fraction of sp³-hybridized carbons (Fsp3) is 0.100. The van der Waals surface area contributed by atoms with E-state index in [4.69, 9.17) is 9.79 Å². The highest BCUT2D eigenvalue weighted by Gasteiger charge is 2.17. The molecule has 0 fully saturated rings. The van der Waals surface area contributed by atoms with Crippen LogP contribution in [-0.4, -0.2) is 26.1 Å². The maximum absolute atomic E-state index is 11.0. The van der Waals surface area contributed by atoms with Crippen LogP contribution in [0.3, 0.4) is 0 Å². The van der Waals surface area contributed by atoms with E-state index >= 15 is 0 Å². The summed E-state index contributed by atoms with van der Waals surface area (Å²) in [5, 5.41) is 13.6. The predicted octanol–water partition coefficient (Wildman–Crippen LogP) is 4.20. The number of aromatic nitrogens is 1. The number of rotatable bonds is 7. The van der Waals surface area contributed by atoms with Gasteiger partial charge in [0.2, 0.25) is 0 Å². The van der Waals surface area contributed by atoms with Crippen molar-refractivity contribution in [1.82, 2.24) is 4.98 Å². The first-order chi connectivity index (χ1) is 13.8. The Morgan fingerprint density at radius 1 is 1.10 bits per heavy atom. The van der Waals surface area contributed by atoms with E-state index in [1.54, 1.807) is 19.1 Å². The first-order valence-electron chi connectivity index (χ1n) is 8.65. The molecule has 0 bridgehead atoms. The van der Waals surface area contributed by atoms with Crippen LogP contribution in [0.4, 0.5) is 17.1 Å². The Hall–Kier alpha value is -3.03. The standard InChI is InChI=1S/C20H20N3O5P/c1-14-20(24)19(15(11-21-14)13-28-29(25,26)27)12-22-16-7-9-18(10-8-16)23-17-5-3-2-4-6-17/h2-12,23-24H,13H2,1H3,(H2,25,26,27). The first kappa shape index (κ1) is 20.7. The Labute approximate surface area is 167 Å². The molecule has 1 aromatic heterocycles. The SMILES string of the molecule is Cc1ncc(COP(=O)(O)O)c(C=Nc2ccc(Nc3ccccc3)cc2)c1O. The predicted molar refractivity (Wildman–Crippen MR) is 111 cm³/mol. The van der Waals surface area contributed by atoms with Crippen molar-refractivity contribution in [2.24, 2.45) is 4.99 Å². The van der Waals surface area contributed by atoms with Gasteiger partial charge in [0.15, 0.2) is 0 Å². The summed E-state index contributed by atoms with van der Waals surface area (Å²) < 4.78 is 15.5. The fourth-order valence-electron chi connectivity index (χ4n) is 2.52. The van der Waals surface area contributed by atoms with Crippen LogP contribution in [0.25, 0.3) is 0 Å². The minimum absolute atomic E-state index is 0.122. The molecule has 29 heavy (non-hydrogen) atoms. The lowest BCUT2D eigenvalue weighted by Gasteiger charge is -2.10. The largest absolute Gasteiger partial charge is 0.505 e. The van der Waals surface area contributed by atoms with Crippen LogP contribution in [0.2, 0.25) is 0 Å². The minimum atomic E-state index is -4.65. The molecule has 3 aromatic rings. The average Bonchev–Trinajstić information content (AvgIpc) is 2.69. The van der Waals surface area contributed by atoms with Crippen molar-refractivity contribution < 1.29 is 24.0 Å². The second kappa shape index (κ2) is 8.98. The van der Waals surface area contributed by atoms with Crippen LogP contribution < -0.4 is 5.32 Å². The molecule has 0 aliphatic heterocycles. The van der Waals surface area contributed by atoms with Crippen LogP contribution in [-0.2, 0) is 15.7 Å². The van der Waals surface area contributed by atoms with Gasteiger partial charge in [0.1, 0.15) is 5.75 Å². The summed E-state index contributed by atoms with van der Waals surface area (Å²) in [7, 11) is -4.65. The molecule has 9 heteroatoms. The van der Waals surface area contributed by atoms with Crippen molar-refractivity contribution in [3.05, 3.63) is 77.6 Å². The Kier molecular flexibility index (Phi) is 6.41. The zero-order valence-electron chi connectivity index (χ0n) is 15.6. The molecule has 0 saturated carbocycles. The number of hydrogen-bond acceptors (Lipinski definition) is 6. The number of phosphoric acid groups is 1. The number of aliphatic imine (C=N–C) groups is 1. The molecule has 8 nitrogen and oxygen atoms in total. The minimum Gasteiger partial charge on any atom is -0.505 e. The molecule has 0 atom stereocenters. The van der Waals surface area contributed by atoms with Crippen molar-refractivity contribution in [3.8, 4) is 5.75 Å². The highest BCUT2D eigenvalue weighted by atomic mass is 31.2. The monoisotopic (exact) mass is 413 g/mol. The van der Waals surface area contributed by atoms with Gasteiger partial charge >= 0.3 is 7.82 Å². The highest BCUT2D eigenvalue weighted by Crippen LogP contribution is 2.37. The summed E-state index contributed by atoms with van der Waals surface area (Å²) in [4.78, 5) is 26.1. The Bertz CT molecular complexity index is 1050. The van der Waals surface area contributed by atoms with E-state index in [0.717, 1.165) is 11.4 Å². The van der Waals surface area contributed by atoms with Gasteiger partial charge in [-0.25, -0.2) is 4.57 Å². The third-order valence-corrected chi connectivity index (χ3v) is 4.48. The normalized spacial score (nSPS) is 11.7.